The van der Waals surface area contributed by atoms with Crippen molar-refractivity contribution >= 4 is 5.97 Å². The first-order valence-corrected chi connectivity index (χ1v) is 7.84. The highest BCUT2D eigenvalue weighted by Gasteiger charge is 2.21. The second-order valence-corrected chi connectivity index (χ2v) is 5.24. The van der Waals surface area contributed by atoms with Crippen molar-refractivity contribution in [2.75, 3.05) is 6.61 Å². The van der Waals surface area contributed by atoms with Crippen LogP contribution in [0, 0.1) is 11.6 Å². The Morgan fingerprint density at radius 1 is 1.08 bits per heavy atom. The third kappa shape index (κ3) is 3.53. The average molecular weight is 359 g/mol. The second kappa shape index (κ2) is 7.73. The fraction of sp³-hybridized carbons (Fsp3) is 0.167. The Balaban J connectivity index is 1.90. The van der Waals surface area contributed by atoms with Gasteiger partial charge < -0.3 is 9.47 Å². The van der Waals surface area contributed by atoms with E-state index in [1.165, 1.54) is 6.07 Å². The number of carbonyl (C=O) groups is 1. The predicted molar refractivity (Wildman–Crippen MR) is 88.5 cm³/mol. The van der Waals surface area contributed by atoms with Gasteiger partial charge in [0.2, 0.25) is 0 Å². The smallest absolute Gasteiger partial charge is 0.361 e. The molecule has 0 aliphatic carbocycles. The van der Waals surface area contributed by atoms with Gasteiger partial charge in [-0.25, -0.2) is 13.6 Å². The van der Waals surface area contributed by atoms with E-state index in [4.69, 9.17) is 9.47 Å². The first-order chi connectivity index (χ1) is 12.6. The highest BCUT2D eigenvalue weighted by molar-refractivity contribution is 5.94. The molecule has 2 aromatic carbocycles. The number of H-pyrrole nitrogens is 1. The molecule has 0 fully saturated rings. The summed E-state index contributed by atoms with van der Waals surface area (Å²) < 4.78 is 37.7. The molecule has 1 aromatic heterocycles. The van der Waals surface area contributed by atoms with Gasteiger partial charge >= 0.3 is 5.97 Å². The van der Waals surface area contributed by atoms with E-state index in [2.05, 4.69) is 15.4 Å². The van der Waals surface area contributed by atoms with Gasteiger partial charge in [0, 0.05) is 5.56 Å². The lowest BCUT2D eigenvalue weighted by Crippen LogP contribution is -2.08. The molecule has 3 aromatic rings. The van der Waals surface area contributed by atoms with Crippen molar-refractivity contribution in [1.29, 1.82) is 0 Å². The first kappa shape index (κ1) is 17.5. The second-order valence-electron chi connectivity index (χ2n) is 5.24. The zero-order valence-corrected chi connectivity index (χ0v) is 13.8. The van der Waals surface area contributed by atoms with Gasteiger partial charge in [-0.1, -0.05) is 30.3 Å². The monoisotopic (exact) mass is 359 g/mol. The standard InChI is InChI=1S/C18H15F2N3O3/c1-2-25-18(24)16-15(21-23-22-16)12-7-4-3-6-11(12)10-26-17-13(19)8-5-9-14(17)20/h3-9H,2,10H2,1H3,(H,21,22,23). The maximum absolute atomic E-state index is 13.7. The third-order valence-electron chi connectivity index (χ3n) is 3.58. The van der Waals surface area contributed by atoms with Crippen LogP contribution in [0.2, 0.25) is 0 Å². The van der Waals surface area contributed by atoms with Crippen molar-refractivity contribution in [2.45, 2.75) is 13.5 Å². The lowest BCUT2D eigenvalue weighted by Gasteiger charge is -2.11. The number of hydrogen-bond acceptors (Lipinski definition) is 5. The summed E-state index contributed by atoms with van der Waals surface area (Å²) in [7, 11) is 0. The fourth-order valence-corrected chi connectivity index (χ4v) is 2.41. The highest BCUT2D eigenvalue weighted by atomic mass is 19.1. The molecule has 134 valence electrons. The van der Waals surface area contributed by atoms with Crippen molar-refractivity contribution in [3.8, 4) is 17.0 Å². The van der Waals surface area contributed by atoms with Crippen LogP contribution in [-0.4, -0.2) is 28.0 Å². The Morgan fingerprint density at radius 3 is 2.54 bits per heavy atom. The van der Waals surface area contributed by atoms with Crippen molar-refractivity contribution in [1.82, 2.24) is 15.4 Å². The number of nitrogens with zero attached hydrogens (tertiary/aromatic N) is 2. The first-order valence-electron chi connectivity index (χ1n) is 7.84. The molecule has 6 nitrogen and oxygen atoms in total. The van der Waals surface area contributed by atoms with Crippen molar-refractivity contribution in [3.05, 3.63) is 65.4 Å². The number of ether oxygens (including phenoxy) is 2. The van der Waals surface area contributed by atoms with Crippen LogP contribution >= 0.6 is 0 Å². The quantitative estimate of drug-likeness (QED) is 0.682. The third-order valence-corrected chi connectivity index (χ3v) is 3.58. The van der Waals surface area contributed by atoms with E-state index in [-0.39, 0.29) is 24.6 Å². The SMILES string of the molecule is CCOC(=O)c1n[nH]nc1-c1ccccc1COc1c(F)cccc1F. The number of esters is 1. The average Bonchev–Trinajstić information content (AvgIpc) is 3.11. The molecule has 0 radical (unpaired) electrons. The Bertz CT molecular complexity index is 907. The molecule has 26 heavy (non-hydrogen) atoms. The highest BCUT2D eigenvalue weighted by Crippen LogP contribution is 2.27. The van der Waals surface area contributed by atoms with Gasteiger partial charge in [0.1, 0.15) is 12.3 Å². The maximum atomic E-state index is 13.7. The predicted octanol–water partition coefficient (Wildman–Crippen LogP) is 3.51. The van der Waals surface area contributed by atoms with E-state index in [0.717, 1.165) is 12.1 Å². The molecule has 0 aliphatic heterocycles. The van der Waals surface area contributed by atoms with Gasteiger partial charge in [0.15, 0.2) is 23.1 Å². The van der Waals surface area contributed by atoms with Gasteiger partial charge in [-0.2, -0.15) is 10.3 Å². The fourth-order valence-electron chi connectivity index (χ4n) is 2.41. The van der Waals surface area contributed by atoms with Gasteiger partial charge in [-0.05, 0) is 24.6 Å². The van der Waals surface area contributed by atoms with Crippen LogP contribution in [0.1, 0.15) is 23.0 Å². The summed E-state index contributed by atoms with van der Waals surface area (Å²) in [4.78, 5) is 12.0. The van der Waals surface area contributed by atoms with Crippen molar-refractivity contribution in [2.24, 2.45) is 0 Å². The van der Waals surface area contributed by atoms with E-state index in [0.29, 0.717) is 11.1 Å². The number of halogens is 2. The summed E-state index contributed by atoms with van der Waals surface area (Å²) in [5, 5.41) is 10.2. The van der Waals surface area contributed by atoms with Crippen molar-refractivity contribution in [3.63, 3.8) is 0 Å². The minimum absolute atomic E-state index is 0.0244. The summed E-state index contributed by atoms with van der Waals surface area (Å²) >= 11 is 0. The molecule has 1 heterocycles. The van der Waals surface area contributed by atoms with Crippen LogP contribution in [-0.2, 0) is 11.3 Å². The molecule has 8 heteroatoms. The van der Waals surface area contributed by atoms with E-state index < -0.39 is 23.4 Å². The summed E-state index contributed by atoms with van der Waals surface area (Å²) in [6.07, 6.45) is 0. The molecular formula is C18H15F2N3O3. The number of carbonyl (C=O) groups excluding carboxylic acids is 1. The van der Waals surface area contributed by atoms with Gasteiger partial charge in [-0.15, -0.1) is 5.10 Å². The number of aromatic nitrogens is 3. The topological polar surface area (TPSA) is 77.1 Å². The van der Waals surface area contributed by atoms with Crippen LogP contribution in [0.25, 0.3) is 11.3 Å². The Hall–Kier alpha value is -3.29. The number of benzene rings is 2. The lowest BCUT2D eigenvalue weighted by atomic mass is 10.0. The Labute approximate surface area is 147 Å². The molecule has 0 saturated carbocycles. The van der Waals surface area contributed by atoms with E-state index >= 15 is 0 Å². The summed E-state index contributed by atoms with van der Waals surface area (Å²) in [5.74, 6) is -2.67. The van der Waals surface area contributed by atoms with Crippen LogP contribution in [0.3, 0.4) is 0 Å². The molecular weight excluding hydrogens is 344 g/mol. The molecule has 0 bridgehead atoms. The van der Waals surface area contributed by atoms with Gasteiger partial charge in [-0.3, -0.25) is 0 Å². The maximum Gasteiger partial charge on any atom is 0.361 e. The Morgan fingerprint density at radius 2 is 1.81 bits per heavy atom. The van der Waals surface area contributed by atoms with Gasteiger partial charge in [0.05, 0.1) is 6.61 Å². The summed E-state index contributed by atoms with van der Waals surface area (Å²) in [6, 6.07) is 10.4. The molecule has 3 rings (SSSR count). The van der Waals surface area contributed by atoms with Crippen LogP contribution in [0.5, 0.6) is 5.75 Å². The number of para-hydroxylation sites is 1. The van der Waals surface area contributed by atoms with E-state index in [1.807, 2.05) is 0 Å². The number of hydrogen-bond donors (Lipinski definition) is 1. The zero-order chi connectivity index (χ0) is 18.5. The van der Waals surface area contributed by atoms with E-state index in [1.54, 1.807) is 31.2 Å². The van der Waals surface area contributed by atoms with Gasteiger partial charge in [0.25, 0.3) is 0 Å². The molecule has 0 atom stereocenters. The van der Waals surface area contributed by atoms with Crippen molar-refractivity contribution < 1.29 is 23.0 Å². The van der Waals surface area contributed by atoms with E-state index in [9.17, 15) is 13.6 Å². The minimum atomic E-state index is -0.795. The lowest BCUT2D eigenvalue weighted by molar-refractivity contribution is 0.0520. The normalized spacial score (nSPS) is 10.6. The summed E-state index contributed by atoms with van der Waals surface area (Å²) in [5.41, 5.74) is 1.42. The molecule has 0 unspecified atom stereocenters. The largest absolute Gasteiger partial charge is 0.483 e. The molecule has 0 saturated heterocycles. The Kier molecular flexibility index (Phi) is 5.21. The number of rotatable bonds is 6. The number of nitrogens with one attached hydrogen (secondary N) is 1. The van der Waals surface area contributed by atoms with Crippen LogP contribution in [0.4, 0.5) is 8.78 Å². The molecule has 0 amide bonds. The van der Waals surface area contributed by atoms with Crippen LogP contribution in [0.15, 0.2) is 42.5 Å². The van der Waals surface area contributed by atoms with Crippen LogP contribution < -0.4 is 4.74 Å². The number of aromatic amines is 1. The minimum Gasteiger partial charge on any atom is -0.483 e. The zero-order valence-electron chi connectivity index (χ0n) is 13.8. The molecule has 1 N–H and O–H groups in total. The summed E-state index contributed by atoms with van der Waals surface area (Å²) in [6.45, 7) is 1.76. The molecule has 0 spiro atoms. The molecule has 0 aliphatic rings.